The van der Waals surface area contributed by atoms with Crippen molar-refractivity contribution in [2.45, 2.75) is 59.8 Å². The highest BCUT2D eigenvalue weighted by Crippen LogP contribution is 2.50. The Morgan fingerprint density at radius 3 is 1.56 bits per heavy atom. The van der Waals surface area contributed by atoms with Crippen molar-refractivity contribution in [3.8, 4) is 22.3 Å². The lowest BCUT2D eigenvalue weighted by Gasteiger charge is -2.39. The summed E-state index contributed by atoms with van der Waals surface area (Å²) in [5, 5.41) is 15.0. The van der Waals surface area contributed by atoms with Gasteiger partial charge in [0.05, 0.1) is 0 Å². The summed E-state index contributed by atoms with van der Waals surface area (Å²) in [5.74, 6) is 0. The largest absolute Gasteiger partial charge is 0.400 e. The molecule has 6 aromatic rings. The zero-order valence-electron chi connectivity index (χ0n) is 35.1. The maximum atomic E-state index is 7.00. The van der Waals surface area contributed by atoms with Gasteiger partial charge in [0.2, 0.25) is 0 Å². The molecule has 0 aromatic heterocycles. The molecule has 0 bridgehead atoms. The summed E-state index contributed by atoms with van der Waals surface area (Å²) in [6, 6.07) is 51.8. The molecular formula is C55H61NO. The molecule has 57 heavy (non-hydrogen) atoms. The Labute approximate surface area is 343 Å². The first-order valence-electron chi connectivity index (χ1n) is 19.8. The molecule has 0 radical (unpaired) electrons. The van der Waals surface area contributed by atoms with E-state index < -0.39 is 0 Å². The molecule has 0 saturated carbocycles. The number of hydrogen-bond donors (Lipinski definition) is 2. The lowest BCUT2D eigenvalue weighted by atomic mass is 9.64. The summed E-state index contributed by atoms with van der Waals surface area (Å²) in [5.41, 5.74) is 13.8. The van der Waals surface area contributed by atoms with E-state index in [0.29, 0.717) is 0 Å². The first kappa shape index (κ1) is 45.3. The van der Waals surface area contributed by atoms with E-state index in [9.17, 15) is 0 Å². The number of aliphatic hydroxyl groups excluding tert-OH is 1. The first-order chi connectivity index (χ1) is 27.8. The number of rotatable bonds is 3. The summed E-state index contributed by atoms with van der Waals surface area (Å²) >= 11 is 0. The van der Waals surface area contributed by atoms with Crippen molar-refractivity contribution >= 4 is 17.5 Å². The fraction of sp³-hybridized carbons (Fsp3) is 0.182. The van der Waals surface area contributed by atoms with Crippen LogP contribution in [0.1, 0.15) is 55.9 Å². The summed E-state index contributed by atoms with van der Waals surface area (Å²) < 4.78 is 0. The zero-order chi connectivity index (χ0) is 41.6. The highest BCUT2D eigenvalue weighted by atomic mass is 16.2. The van der Waals surface area contributed by atoms with Gasteiger partial charge in [0.1, 0.15) is 0 Å². The van der Waals surface area contributed by atoms with Crippen LogP contribution in [0.2, 0.25) is 0 Å². The van der Waals surface area contributed by atoms with Crippen LogP contribution < -0.4 is 0 Å². The lowest BCUT2D eigenvalue weighted by molar-refractivity contribution is 0.399. The minimum Gasteiger partial charge on any atom is -0.400 e. The fourth-order valence-electron chi connectivity index (χ4n) is 7.05. The zero-order valence-corrected chi connectivity index (χ0v) is 35.1. The summed E-state index contributed by atoms with van der Waals surface area (Å²) in [4.78, 5) is 0. The predicted molar refractivity (Wildman–Crippen MR) is 251 cm³/mol. The van der Waals surface area contributed by atoms with Crippen LogP contribution in [0.15, 0.2) is 205 Å². The normalized spacial score (nSPS) is 16.0. The van der Waals surface area contributed by atoms with Gasteiger partial charge in [-0.05, 0) is 115 Å². The second-order valence-corrected chi connectivity index (χ2v) is 13.7. The average Bonchev–Trinajstić information content (AvgIpc) is 3.27. The van der Waals surface area contributed by atoms with E-state index in [1.807, 2.05) is 50.2 Å². The molecule has 2 aliphatic rings. The monoisotopic (exact) mass is 751 g/mol. The van der Waals surface area contributed by atoms with Crippen LogP contribution in [0.3, 0.4) is 0 Å². The van der Waals surface area contributed by atoms with Crippen LogP contribution in [0, 0.1) is 26.2 Å². The highest BCUT2D eigenvalue weighted by Gasteiger charge is 2.37. The van der Waals surface area contributed by atoms with Crippen molar-refractivity contribution in [3.63, 3.8) is 0 Å². The molecular weight excluding hydrogens is 691 g/mol. The van der Waals surface area contributed by atoms with E-state index in [4.69, 9.17) is 10.5 Å². The number of hydrogen-bond acceptors (Lipinski definition) is 2. The third-order valence-corrected chi connectivity index (χ3v) is 10.0. The van der Waals surface area contributed by atoms with E-state index in [-0.39, 0.29) is 5.41 Å². The average molecular weight is 752 g/mol. The van der Waals surface area contributed by atoms with Crippen molar-refractivity contribution in [2.75, 3.05) is 7.11 Å². The van der Waals surface area contributed by atoms with Gasteiger partial charge in [0.25, 0.3) is 0 Å². The second kappa shape index (κ2) is 23.7. The van der Waals surface area contributed by atoms with Crippen LogP contribution >= 0.6 is 0 Å². The summed E-state index contributed by atoms with van der Waals surface area (Å²) in [7, 11) is 1.00. The van der Waals surface area contributed by atoms with Crippen molar-refractivity contribution in [1.82, 2.24) is 0 Å². The Kier molecular flexibility index (Phi) is 18.9. The third kappa shape index (κ3) is 12.0. The molecule has 2 heteroatoms. The molecule has 2 aliphatic carbocycles. The van der Waals surface area contributed by atoms with Crippen molar-refractivity contribution in [2.24, 2.45) is 0 Å². The SMILES string of the molecule is C=C1/C=C\C=C/C2=C(CCC=C2)C1(C)c1cc2ccccc2cc1-c1ccccc1-c1ccc(C)cc1.C=N.CC.CO.Cc1ccccc1.Cc1ccccc1. The molecule has 292 valence electrons. The van der Waals surface area contributed by atoms with Gasteiger partial charge in [-0.2, -0.15) is 0 Å². The number of aryl methyl sites for hydroxylation is 3. The Balaban J connectivity index is 0.000000359. The number of fused-ring (bicyclic) bond motifs is 1. The molecule has 8 rings (SSSR count). The smallest absolute Gasteiger partial charge is 0.0392 e. The predicted octanol–water partition coefficient (Wildman–Crippen LogP) is 15.0. The molecule has 0 saturated heterocycles. The van der Waals surface area contributed by atoms with Gasteiger partial charge >= 0.3 is 0 Å². The Hall–Kier alpha value is -6.09. The maximum Gasteiger partial charge on any atom is 0.0392 e. The van der Waals surface area contributed by atoms with Gasteiger partial charge in [-0.1, -0.05) is 207 Å². The summed E-state index contributed by atoms with van der Waals surface area (Å²) in [6.07, 6.45) is 15.4. The van der Waals surface area contributed by atoms with Crippen LogP contribution in [0.5, 0.6) is 0 Å². The highest BCUT2D eigenvalue weighted by molar-refractivity contribution is 5.94. The molecule has 0 amide bonds. The topological polar surface area (TPSA) is 44.1 Å². The molecule has 0 spiro atoms. The molecule has 2 N–H and O–H groups in total. The Morgan fingerprint density at radius 2 is 1.02 bits per heavy atom. The van der Waals surface area contributed by atoms with Crippen molar-refractivity contribution < 1.29 is 5.11 Å². The number of aliphatic hydroxyl groups is 1. The van der Waals surface area contributed by atoms with Gasteiger partial charge in [-0.25, -0.2) is 0 Å². The first-order valence-corrected chi connectivity index (χ1v) is 19.8. The number of allylic oxidation sites excluding steroid dienone is 9. The Morgan fingerprint density at radius 1 is 0.544 bits per heavy atom. The Bertz CT molecular complexity index is 2220. The van der Waals surface area contributed by atoms with Gasteiger partial charge < -0.3 is 10.5 Å². The minimum atomic E-state index is -0.332. The number of benzene rings is 6. The van der Waals surface area contributed by atoms with Crippen LogP contribution in [0.4, 0.5) is 0 Å². The summed E-state index contributed by atoms with van der Waals surface area (Å²) in [6.45, 7) is 19.9. The van der Waals surface area contributed by atoms with Crippen LogP contribution in [-0.2, 0) is 5.41 Å². The molecule has 1 atom stereocenters. The molecule has 0 aliphatic heterocycles. The van der Waals surface area contributed by atoms with Gasteiger partial charge in [-0.3, -0.25) is 0 Å². The molecule has 2 nitrogen and oxygen atoms in total. The minimum absolute atomic E-state index is 0.332. The maximum absolute atomic E-state index is 7.00. The van der Waals surface area contributed by atoms with Gasteiger partial charge in [-0.15, -0.1) is 0 Å². The van der Waals surface area contributed by atoms with Gasteiger partial charge in [0.15, 0.2) is 0 Å². The quantitative estimate of drug-likeness (QED) is 0.174. The van der Waals surface area contributed by atoms with E-state index >= 15 is 0 Å². The van der Waals surface area contributed by atoms with E-state index in [1.54, 1.807) is 0 Å². The van der Waals surface area contributed by atoms with Crippen LogP contribution in [0.25, 0.3) is 33.0 Å². The second-order valence-electron chi connectivity index (χ2n) is 13.7. The van der Waals surface area contributed by atoms with Crippen LogP contribution in [-0.4, -0.2) is 18.9 Å². The fourth-order valence-corrected chi connectivity index (χ4v) is 7.05. The standard InChI is InChI=1S/C37H32.2C7H8.C2H6.CH3N.CH4O/c1-26-20-22-28(23-21-26)32-17-9-10-18-33(32)34-24-30-15-6-7-16-31(30)25-36(34)37(3)27(2)12-4-5-13-29-14-8-11-19-35(29)37;2*1-7-5-3-2-4-6-7;3*1-2/h4-10,12-18,20-25H,2,11,19H2,1,3H3;2*2-6H,1H3;1-2H3;2H,1H2;2H,1H3/b12-4-,13-5-;;;;;. The number of nitrogens with one attached hydrogen (secondary N) is 1. The molecule has 0 heterocycles. The lowest BCUT2D eigenvalue weighted by Crippen LogP contribution is -2.29. The molecule has 0 fully saturated rings. The van der Waals surface area contributed by atoms with E-state index in [2.05, 4.69) is 187 Å². The molecule has 6 aromatic carbocycles. The van der Waals surface area contributed by atoms with Crippen molar-refractivity contribution in [3.05, 3.63) is 228 Å². The molecule has 1 unspecified atom stereocenters. The van der Waals surface area contributed by atoms with Crippen molar-refractivity contribution in [1.29, 1.82) is 5.41 Å². The van der Waals surface area contributed by atoms with E-state index in [0.717, 1.165) is 25.5 Å². The third-order valence-electron chi connectivity index (χ3n) is 10.0. The van der Waals surface area contributed by atoms with Gasteiger partial charge in [0, 0.05) is 12.5 Å². The van der Waals surface area contributed by atoms with E-state index in [1.165, 1.54) is 66.4 Å².